The Morgan fingerprint density at radius 3 is 2.93 bits per heavy atom. The van der Waals surface area contributed by atoms with Crippen LogP contribution in [0.3, 0.4) is 0 Å². The molecule has 2 saturated heterocycles. The van der Waals surface area contributed by atoms with Gasteiger partial charge in [-0.2, -0.15) is 0 Å². The minimum atomic E-state index is -0.169. The lowest BCUT2D eigenvalue weighted by molar-refractivity contribution is 0.0485. The van der Waals surface area contributed by atoms with Gasteiger partial charge in [-0.3, -0.25) is 4.90 Å². The molecule has 3 unspecified atom stereocenters. The molecule has 0 amide bonds. The first kappa shape index (κ1) is 11.4. The summed E-state index contributed by atoms with van der Waals surface area (Å²) in [4.78, 5) is 2.59. The van der Waals surface area contributed by atoms with E-state index in [0.717, 1.165) is 19.6 Å². The molecule has 2 heterocycles. The topological polar surface area (TPSA) is 32.7 Å². The molecule has 0 spiro atoms. The summed E-state index contributed by atoms with van der Waals surface area (Å²) < 4.78 is 5.46. The Hall–Kier alpha value is -0.120. The number of nitrogens with zero attached hydrogens (tertiary/aromatic N) is 1. The Balaban J connectivity index is 1.92. The number of hydrogen-bond acceptors (Lipinski definition) is 3. The van der Waals surface area contributed by atoms with E-state index in [4.69, 9.17) is 4.74 Å². The van der Waals surface area contributed by atoms with E-state index < -0.39 is 0 Å². The van der Waals surface area contributed by atoms with Gasteiger partial charge < -0.3 is 9.84 Å². The summed E-state index contributed by atoms with van der Waals surface area (Å²) in [7, 11) is 0. The van der Waals surface area contributed by atoms with Gasteiger partial charge in [0, 0.05) is 18.7 Å². The third-order valence-corrected chi connectivity index (χ3v) is 3.66. The lowest BCUT2D eigenvalue weighted by Gasteiger charge is -2.40. The van der Waals surface area contributed by atoms with Crippen LogP contribution in [-0.4, -0.2) is 48.0 Å². The van der Waals surface area contributed by atoms with Gasteiger partial charge >= 0.3 is 0 Å². The fourth-order valence-corrected chi connectivity index (χ4v) is 2.93. The second kappa shape index (κ2) is 5.28. The first-order valence-electron chi connectivity index (χ1n) is 6.29. The SMILES string of the molecule is CC(O)CC1CCCCN1C1CCOC1. The van der Waals surface area contributed by atoms with Crippen molar-refractivity contribution in [1.82, 2.24) is 4.90 Å². The van der Waals surface area contributed by atoms with Crippen LogP contribution in [0.5, 0.6) is 0 Å². The predicted octanol–water partition coefficient (Wildman–Crippen LogP) is 1.40. The molecule has 0 aromatic rings. The standard InChI is InChI=1S/C12H23NO2/c1-10(14)8-11-4-2-3-6-13(11)12-5-7-15-9-12/h10-12,14H,2-9H2,1H3. The summed E-state index contributed by atoms with van der Waals surface area (Å²) in [5, 5.41) is 9.51. The van der Waals surface area contributed by atoms with Gasteiger partial charge in [0.25, 0.3) is 0 Å². The fraction of sp³-hybridized carbons (Fsp3) is 1.00. The number of rotatable bonds is 3. The lowest BCUT2D eigenvalue weighted by atomic mass is 9.95. The monoisotopic (exact) mass is 213 g/mol. The summed E-state index contributed by atoms with van der Waals surface area (Å²) in [5.41, 5.74) is 0. The molecule has 2 rings (SSSR count). The Kier molecular flexibility index (Phi) is 4.00. The molecule has 0 aliphatic carbocycles. The fourth-order valence-electron chi connectivity index (χ4n) is 2.93. The smallest absolute Gasteiger partial charge is 0.0622 e. The van der Waals surface area contributed by atoms with Gasteiger partial charge in [0.15, 0.2) is 0 Å². The average molecular weight is 213 g/mol. The van der Waals surface area contributed by atoms with E-state index in [9.17, 15) is 5.11 Å². The van der Waals surface area contributed by atoms with Crippen molar-refractivity contribution in [1.29, 1.82) is 0 Å². The molecule has 3 heteroatoms. The van der Waals surface area contributed by atoms with E-state index in [1.54, 1.807) is 0 Å². The molecular weight excluding hydrogens is 190 g/mol. The van der Waals surface area contributed by atoms with Gasteiger partial charge in [0.1, 0.15) is 0 Å². The zero-order valence-corrected chi connectivity index (χ0v) is 9.69. The molecule has 0 radical (unpaired) electrons. The van der Waals surface area contributed by atoms with Crippen molar-refractivity contribution in [3.8, 4) is 0 Å². The molecule has 2 aliphatic heterocycles. The minimum absolute atomic E-state index is 0.169. The highest BCUT2D eigenvalue weighted by atomic mass is 16.5. The molecule has 3 nitrogen and oxygen atoms in total. The van der Waals surface area contributed by atoms with Crippen LogP contribution in [0.4, 0.5) is 0 Å². The normalized spacial score (nSPS) is 35.6. The highest BCUT2D eigenvalue weighted by Crippen LogP contribution is 2.26. The highest BCUT2D eigenvalue weighted by molar-refractivity contribution is 4.85. The van der Waals surface area contributed by atoms with Crippen LogP contribution >= 0.6 is 0 Å². The van der Waals surface area contributed by atoms with Crippen LogP contribution in [0, 0.1) is 0 Å². The maximum atomic E-state index is 9.51. The molecule has 1 N–H and O–H groups in total. The molecule has 3 atom stereocenters. The van der Waals surface area contributed by atoms with Gasteiger partial charge in [-0.1, -0.05) is 6.42 Å². The number of aliphatic hydroxyl groups excluding tert-OH is 1. The Bertz CT molecular complexity index is 190. The van der Waals surface area contributed by atoms with Gasteiger partial charge in [-0.05, 0) is 39.2 Å². The molecule has 0 aromatic carbocycles. The molecule has 2 fully saturated rings. The molecule has 0 aromatic heterocycles. The summed E-state index contributed by atoms with van der Waals surface area (Å²) in [6, 6.07) is 1.21. The molecule has 88 valence electrons. The highest BCUT2D eigenvalue weighted by Gasteiger charge is 2.31. The van der Waals surface area contributed by atoms with E-state index in [0.29, 0.717) is 12.1 Å². The zero-order valence-electron chi connectivity index (χ0n) is 9.69. The molecule has 0 bridgehead atoms. The maximum absolute atomic E-state index is 9.51. The quantitative estimate of drug-likeness (QED) is 0.769. The Morgan fingerprint density at radius 1 is 1.40 bits per heavy atom. The van der Waals surface area contributed by atoms with Crippen molar-refractivity contribution >= 4 is 0 Å². The van der Waals surface area contributed by atoms with E-state index in [2.05, 4.69) is 4.90 Å². The first-order valence-corrected chi connectivity index (χ1v) is 6.29. The van der Waals surface area contributed by atoms with E-state index in [-0.39, 0.29) is 6.10 Å². The molecular formula is C12H23NO2. The average Bonchev–Trinajstić information content (AvgIpc) is 2.70. The number of ether oxygens (including phenoxy) is 1. The number of aliphatic hydroxyl groups is 1. The van der Waals surface area contributed by atoms with Crippen molar-refractivity contribution in [2.45, 2.75) is 57.2 Å². The summed E-state index contributed by atoms with van der Waals surface area (Å²) in [5.74, 6) is 0. The van der Waals surface area contributed by atoms with E-state index in [1.165, 1.54) is 32.2 Å². The van der Waals surface area contributed by atoms with Gasteiger partial charge in [-0.15, -0.1) is 0 Å². The second-order valence-electron chi connectivity index (χ2n) is 4.99. The number of hydrogen-bond donors (Lipinski definition) is 1. The van der Waals surface area contributed by atoms with Crippen molar-refractivity contribution in [3.63, 3.8) is 0 Å². The zero-order chi connectivity index (χ0) is 10.7. The van der Waals surface area contributed by atoms with Crippen LogP contribution in [-0.2, 0) is 4.74 Å². The van der Waals surface area contributed by atoms with Crippen LogP contribution in [0.25, 0.3) is 0 Å². The second-order valence-corrected chi connectivity index (χ2v) is 4.99. The van der Waals surface area contributed by atoms with Crippen LogP contribution in [0.1, 0.15) is 39.0 Å². The largest absolute Gasteiger partial charge is 0.393 e. The Labute approximate surface area is 92.4 Å². The van der Waals surface area contributed by atoms with Crippen molar-refractivity contribution in [2.24, 2.45) is 0 Å². The van der Waals surface area contributed by atoms with Crippen LogP contribution in [0.2, 0.25) is 0 Å². The minimum Gasteiger partial charge on any atom is -0.393 e. The van der Waals surface area contributed by atoms with E-state index in [1.807, 2.05) is 6.92 Å². The predicted molar refractivity (Wildman–Crippen MR) is 59.9 cm³/mol. The van der Waals surface area contributed by atoms with Gasteiger partial charge in [0.05, 0.1) is 12.7 Å². The van der Waals surface area contributed by atoms with Crippen molar-refractivity contribution in [2.75, 3.05) is 19.8 Å². The molecule has 0 saturated carbocycles. The Morgan fingerprint density at radius 2 is 2.27 bits per heavy atom. The molecule has 15 heavy (non-hydrogen) atoms. The van der Waals surface area contributed by atoms with E-state index >= 15 is 0 Å². The molecule has 2 aliphatic rings. The van der Waals surface area contributed by atoms with Crippen molar-refractivity contribution < 1.29 is 9.84 Å². The van der Waals surface area contributed by atoms with Crippen LogP contribution in [0.15, 0.2) is 0 Å². The third-order valence-electron chi connectivity index (χ3n) is 3.66. The number of likely N-dealkylation sites (tertiary alicyclic amines) is 1. The van der Waals surface area contributed by atoms with Crippen LogP contribution < -0.4 is 0 Å². The lowest BCUT2D eigenvalue weighted by Crippen LogP contribution is -2.47. The number of piperidine rings is 1. The summed E-state index contributed by atoms with van der Waals surface area (Å²) in [6.45, 7) is 4.92. The summed E-state index contributed by atoms with van der Waals surface area (Å²) >= 11 is 0. The van der Waals surface area contributed by atoms with Gasteiger partial charge in [0.2, 0.25) is 0 Å². The summed E-state index contributed by atoms with van der Waals surface area (Å²) in [6.07, 6.45) is 5.82. The van der Waals surface area contributed by atoms with Crippen molar-refractivity contribution in [3.05, 3.63) is 0 Å². The third kappa shape index (κ3) is 2.92. The first-order chi connectivity index (χ1) is 7.27. The van der Waals surface area contributed by atoms with Gasteiger partial charge in [-0.25, -0.2) is 0 Å². The maximum Gasteiger partial charge on any atom is 0.0622 e.